The van der Waals surface area contributed by atoms with Gasteiger partial charge in [-0.1, -0.05) is 0 Å². The van der Waals surface area contributed by atoms with Gasteiger partial charge in [0.1, 0.15) is 17.7 Å². The average Bonchev–Trinajstić information content (AvgIpc) is 2.76. The molecule has 36 heavy (non-hydrogen) atoms. The first-order valence-corrected chi connectivity index (χ1v) is 11.9. The number of rotatable bonds is 6. The van der Waals surface area contributed by atoms with Crippen molar-refractivity contribution in [2.75, 3.05) is 22.7 Å². The molecule has 2 aromatic carbocycles. The van der Waals surface area contributed by atoms with Crippen molar-refractivity contribution in [3.05, 3.63) is 48.3 Å². The standard InChI is InChI=1S/C22H23F4N3O6S/c1-13(30)27-11-16-12-29(36(32,33)17-7-4-14(23)5-8-17)18-10-15(6-9-19(18)34-16)28-20(31)35-21(2,3)22(24,25)26/h4-10,16H,11-12H2,1-3H3,(H,27,30)(H,28,31)/t16-/m0/s1. The number of carbonyl (C=O) groups is 2. The van der Waals surface area contributed by atoms with E-state index >= 15 is 0 Å². The summed E-state index contributed by atoms with van der Waals surface area (Å²) in [5.74, 6) is -0.944. The van der Waals surface area contributed by atoms with Crippen molar-refractivity contribution in [2.45, 2.75) is 43.5 Å². The summed E-state index contributed by atoms with van der Waals surface area (Å²) in [4.78, 5) is 23.2. The smallest absolute Gasteiger partial charge is 0.427 e. The molecule has 0 fully saturated rings. The second-order valence-corrected chi connectivity index (χ2v) is 10.2. The molecule has 196 valence electrons. The van der Waals surface area contributed by atoms with Crippen LogP contribution >= 0.6 is 0 Å². The van der Waals surface area contributed by atoms with Crippen LogP contribution in [0.4, 0.5) is 33.7 Å². The number of carbonyl (C=O) groups excluding carboxylic acids is 2. The van der Waals surface area contributed by atoms with E-state index in [0.29, 0.717) is 13.8 Å². The van der Waals surface area contributed by atoms with Crippen LogP contribution in [0.2, 0.25) is 0 Å². The van der Waals surface area contributed by atoms with Gasteiger partial charge in [-0.15, -0.1) is 0 Å². The first kappa shape index (κ1) is 27.0. The molecule has 1 heterocycles. The highest BCUT2D eigenvalue weighted by Crippen LogP contribution is 2.39. The van der Waals surface area contributed by atoms with E-state index in [1.54, 1.807) is 0 Å². The molecule has 0 saturated carbocycles. The van der Waals surface area contributed by atoms with E-state index in [9.17, 15) is 35.6 Å². The summed E-state index contributed by atoms with van der Waals surface area (Å²) in [6, 6.07) is 7.87. The summed E-state index contributed by atoms with van der Waals surface area (Å²) in [5.41, 5.74) is -2.88. The van der Waals surface area contributed by atoms with E-state index in [4.69, 9.17) is 4.74 Å². The van der Waals surface area contributed by atoms with Gasteiger partial charge in [-0.2, -0.15) is 13.2 Å². The maximum Gasteiger partial charge on any atom is 0.427 e. The van der Waals surface area contributed by atoms with E-state index in [-0.39, 0.29) is 41.0 Å². The van der Waals surface area contributed by atoms with Gasteiger partial charge in [0.2, 0.25) is 11.5 Å². The van der Waals surface area contributed by atoms with Gasteiger partial charge in [0.15, 0.2) is 0 Å². The van der Waals surface area contributed by atoms with Crippen LogP contribution in [0.3, 0.4) is 0 Å². The third kappa shape index (κ3) is 5.98. The molecule has 2 amide bonds. The number of fused-ring (bicyclic) bond motifs is 1. The largest absolute Gasteiger partial charge is 0.484 e. The van der Waals surface area contributed by atoms with Crippen LogP contribution in [0.25, 0.3) is 0 Å². The Kier molecular flexibility index (Phi) is 7.39. The SMILES string of the molecule is CC(=O)NC[C@H]1CN(S(=O)(=O)c2ccc(F)cc2)c2cc(NC(=O)OC(C)(C)C(F)(F)F)ccc2O1. The van der Waals surface area contributed by atoms with E-state index in [0.717, 1.165) is 28.6 Å². The van der Waals surface area contributed by atoms with Gasteiger partial charge in [-0.05, 0) is 56.3 Å². The van der Waals surface area contributed by atoms with Crippen molar-refractivity contribution < 1.29 is 45.0 Å². The van der Waals surface area contributed by atoms with Crippen LogP contribution in [-0.2, 0) is 19.6 Å². The Hall–Kier alpha value is -3.55. The molecule has 1 aliphatic rings. The van der Waals surface area contributed by atoms with Crippen molar-refractivity contribution in [1.29, 1.82) is 0 Å². The van der Waals surface area contributed by atoms with Gasteiger partial charge in [0, 0.05) is 12.6 Å². The number of benzene rings is 2. The Balaban J connectivity index is 1.95. The fraction of sp³-hybridized carbons (Fsp3) is 0.364. The summed E-state index contributed by atoms with van der Waals surface area (Å²) >= 11 is 0. The first-order valence-electron chi connectivity index (χ1n) is 10.5. The zero-order valence-corrected chi connectivity index (χ0v) is 20.2. The van der Waals surface area contributed by atoms with Crippen molar-refractivity contribution in [3.8, 4) is 5.75 Å². The van der Waals surface area contributed by atoms with E-state index in [1.165, 1.54) is 25.1 Å². The van der Waals surface area contributed by atoms with E-state index < -0.39 is 39.8 Å². The van der Waals surface area contributed by atoms with Crippen molar-refractivity contribution in [3.63, 3.8) is 0 Å². The first-order chi connectivity index (χ1) is 16.6. The van der Waals surface area contributed by atoms with Gasteiger partial charge >= 0.3 is 12.3 Å². The number of amides is 2. The Morgan fingerprint density at radius 1 is 1.14 bits per heavy atom. The molecule has 0 aliphatic carbocycles. The third-order valence-corrected chi connectivity index (χ3v) is 6.94. The number of alkyl halides is 3. The molecular formula is C22H23F4N3O6S. The van der Waals surface area contributed by atoms with Crippen molar-refractivity contribution >= 4 is 33.4 Å². The number of ether oxygens (including phenoxy) is 2. The number of sulfonamides is 1. The summed E-state index contributed by atoms with van der Waals surface area (Å²) in [6.45, 7) is 2.35. The topological polar surface area (TPSA) is 114 Å². The zero-order valence-electron chi connectivity index (χ0n) is 19.3. The Morgan fingerprint density at radius 2 is 1.78 bits per heavy atom. The number of hydrogen-bond acceptors (Lipinski definition) is 6. The number of anilines is 2. The highest BCUT2D eigenvalue weighted by molar-refractivity contribution is 7.92. The molecule has 14 heteroatoms. The minimum atomic E-state index is -4.82. The number of hydrogen-bond donors (Lipinski definition) is 2. The zero-order chi connectivity index (χ0) is 26.9. The normalized spacial score (nSPS) is 16.0. The van der Waals surface area contributed by atoms with Crippen molar-refractivity contribution in [1.82, 2.24) is 5.32 Å². The predicted molar refractivity (Wildman–Crippen MR) is 121 cm³/mol. The van der Waals surface area contributed by atoms with Gasteiger partial charge < -0.3 is 14.8 Å². The van der Waals surface area contributed by atoms with E-state index in [2.05, 4.69) is 15.4 Å². The minimum absolute atomic E-state index is 0.0247. The fourth-order valence-electron chi connectivity index (χ4n) is 3.15. The number of nitrogens with zero attached hydrogens (tertiary/aromatic N) is 1. The molecule has 0 radical (unpaired) electrons. The van der Waals surface area contributed by atoms with Gasteiger partial charge in [0.05, 0.1) is 23.7 Å². The second kappa shape index (κ2) is 9.84. The summed E-state index contributed by atoms with van der Waals surface area (Å²) in [5, 5.41) is 4.68. The second-order valence-electron chi connectivity index (χ2n) is 8.37. The molecular weight excluding hydrogens is 510 g/mol. The van der Waals surface area contributed by atoms with Crippen LogP contribution in [0.5, 0.6) is 5.75 Å². The Bertz CT molecular complexity index is 1250. The maximum absolute atomic E-state index is 13.4. The maximum atomic E-state index is 13.4. The molecule has 0 aromatic heterocycles. The Labute approximate surface area is 204 Å². The van der Waals surface area contributed by atoms with Gasteiger partial charge in [-0.25, -0.2) is 17.6 Å². The average molecular weight is 534 g/mol. The van der Waals surface area contributed by atoms with Crippen LogP contribution in [0, 0.1) is 5.82 Å². The van der Waals surface area contributed by atoms with Crippen LogP contribution < -0.4 is 19.7 Å². The number of halogens is 4. The molecule has 0 bridgehead atoms. The highest BCUT2D eigenvalue weighted by atomic mass is 32.2. The summed E-state index contributed by atoms with van der Waals surface area (Å²) in [6.07, 6.45) is -7.03. The number of nitrogens with one attached hydrogen (secondary N) is 2. The molecule has 3 rings (SSSR count). The molecule has 1 aliphatic heterocycles. The van der Waals surface area contributed by atoms with Crippen LogP contribution in [0.15, 0.2) is 47.4 Å². The lowest BCUT2D eigenvalue weighted by Gasteiger charge is -2.35. The Morgan fingerprint density at radius 3 is 2.36 bits per heavy atom. The molecule has 9 nitrogen and oxygen atoms in total. The van der Waals surface area contributed by atoms with E-state index in [1.807, 2.05) is 0 Å². The fourth-order valence-corrected chi connectivity index (χ4v) is 4.65. The quantitative estimate of drug-likeness (QED) is 0.546. The summed E-state index contributed by atoms with van der Waals surface area (Å²) < 4.78 is 90.5. The predicted octanol–water partition coefficient (Wildman–Crippen LogP) is 3.81. The van der Waals surface area contributed by atoms with Crippen LogP contribution in [0.1, 0.15) is 20.8 Å². The molecule has 0 unspecified atom stereocenters. The third-order valence-electron chi connectivity index (χ3n) is 5.15. The molecule has 0 saturated heterocycles. The molecule has 1 atom stereocenters. The lowest BCUT2D eigenvalue weighted by Crippen LogP contribution is -2.48. The van der Waals surface area contributed by atoms with Crippen LogP contribution in [-0.4, -0.2) is 51.4 Å². The summed E-state index contributed by atoms with van der Waals surface area (Å²) in [7, 11) is -4.28. The van der Waals surface area contributed by atoms with Gasteiger partial charge in [0.25, 0.3) is 10.0 Å². The molecule has 2 aromatic rings. The van der Waals surface area contributed by atoms with Gasteiger partial charge in [-0.3, -0.25) is 14.4 Å². The lowest BCUT2D eigenvalue weighted by molar-refractivity contribution is -0.242. The monoisotopic (exact) mass is 533 g/mol. The minimum Gasteiger partial charge on any atom is -0.484 e. The highest BCUT2D eigenvalue weighted by Gasteiger charge is 2.51. The molecule has 0 spiro atoms. The lowest BCUT2D eigenvalue weighted by atomic mass is 10.1. The molecule has 2 N–H and O–H groups in total. The van der Waals surface area contributed by atoms with Crippen molar-refractivity contribution in [2.24, 2.45) is 0 Å².